The Bertz CT molecular complexity index is 676. The third kappa shape index (κ3) is 1.81. The summed E-state index contributed by atoms with van der Waals surface area (Å²) < 4.78 is 7.15. The van der Waals surface area contributed by atoms with Gasteiger partial charge in [0.2, 0.25) is 5.95 Å². The number of ether oxygens (including phenoxy) is 1. The second-order valence-electron chi connectivity index (χ2n) is 4.51. The van der Waals surface area contributed by atoms with Crippen LogP contribution in [0.3, 0.4) is 0 Å². The lowest BCUT2D eigenvalue weighted by Gasteiger charge is -2.18. The van der Waals surface area contributed by atoms with Crippen LogP contribution in [0.4, 0.5) is 11.6 Å². The van der Waals surface area contributed by atoms with Gasteiger partial charge in [-0.3, -0.25) is 4.79 Å². The van der Waals surface area contributed by atoms with Crippen LogP contribution in [0.15, 0.2) is 18.2 Å². The van der Waals surface area contributed by atoms with E-state index in [-0.39, 0.29) is 12.5 Å². The van der Waals surface area contributed by atoms with Crippen molar-refractivity contribution in [2.75, 3.05) is 17.7 Å². The zero-order chi connectivity index (χ0) is 13.6. The van der Waals surface area contributed by atoms with Crippen molar-refractivity contribution in [2.45, 2.75) is 6.92 Å². The van der Waals surface area contributed by atoms with Crippen molar-refractivity contribution in [2.24, 2.45) is 7.05 Å². The predicted molar refractivity (Wildman–Crippen MR) is 71.9 cm³/mol. The molecule has 2 heterocycles. The molecule has 0 bridgehead atoms. The normalized spacial score (nSPS) is 13.7. The van der Waals surface area contributed by atoms with Crippen LogP contribution in [-0.4, -0.2) is 22.1 Å². The molecule has 0 aliphatic carbocycles. The summed E-state index contributed by atoms with van der Waals surface area (Å²) in [5, 5.41) is 2.78. The van der Waals surface area contributed by atoms with Crippen LogP contribution in [0.5, 0.6) is 5.75 Å². The molecule has 19 heavy (non-hydrogen) atoms. The number of hydrogen-bond donors (Lipinski definition) is 2. The van der Waals surface area contributed by atoms with E-state index in [4.69, 9.17) is 10.5 Å². The number of hydrogen-bond acceptors (Lipinski definition) is 4. The Hall–Kier alpha value is -2.50. The van der Waals surface area contributed by atoms with Crippen molar-refractivity contribution < 1.29 is 9.53 Å². The van der Waals surface area contributed by atoms with Gasteiger partial charge in [-0.25, -0.2) is 4.98 Å². The number of aromatic nitrogens is 2. The highest BCUT2D eigenvalue weighted by molar-refractivity contribution is 5.96. The van der Waals surface area contributed by atoms with E-state index in [1.807, 2.05) is 36.7 Å². The van der Waals surface area contributed by atoms with Gasteiger partial charge in [0.15, 0.2) is 6.61 Å². The number of anilines is 2. The van der Waals surface area contributed by atoms with Gasteiger partial charge in [0, 0.05) is 18.3 Å². The van der Waals surface area contributed by atoms with Crippen molar-refractivity contribution >= 4 is 17.5 Å². The summed E-state index contributed by atoms with van der Waals surface area (Å²) in [7, 11) is 1.87. The summed E-state index contributed by atoms with van der Waals surface area (Å²) in [6, 6.07) is 5.58. The van der Waals surface area contributed by atoms with Gasteiger partial charge in [-0.05, 0) is 25.1 Å². The number of nitrogens with zero attached hydrogens (tertiary/aromatic N) is 2. The van der Waals surface area contributed by atoms with Crippen LogP contribution in [0, 0.1) is 6.92 Å². The van der Waals surface area contributed by atoms with E-state index in [0.29, 0.717) is 17.4 Å². The predicted octanol–water partition coefficient (Wildman–Crippen LogP) is 1.31. The fraction of sp³-hybridized carbons (Fsp3) is 0.231. The lowest BCUT2D eigenvalue weighted by atomic mass is 10.1. The van der Waals surface area contributed by atoms with Gasteiger partial charge in [0.05, 0.1) is 11.4 Å². The summed E-state index contributed by atoms with van der Waals surface area (Å²) in [5.74, 6) is 0.984. The highest BCUT2D eigenvalue weighted by Crippen LogP contribution is 2.33. The molecule has 0 unspecified atom stereocenters. The van der Waals surface area contributed by atoms with Crippen LogP contribution in [-0.2, 0) is 11.8 Å². The minimum Gasteiger partial charge on any atom is -0.482 e. The fourth-order valence-corrected chi connectivity index (χ4v) is 2.10. The number of nitrogens with one attached hydrogen (secondary N) is 1. The van der Waals surface area contributed by atoms with Crippen molar-refractivity contribution in [1.82, 2.24) is 9.55 Å². The minimum atomic E-state index is -0.151. The average molecular weight is 258 g/mol. The van der Waals surface area contributed by atoms with Crippen molar-refractivity contribution in [3.63, 3.8) is 0 Å². The van der Waals surface area contributed by atoms with E-state index in [1.165, 1.54) is 0 Å². The molecule has 1 amide bonds. The molecular weight excluding hydrogens is 244 g/mol. The van der Waals surface area contributed by atoms with Crippen molar-refractivity contribution in [1.29, 1.82) is 0 Å². The maximum absolute atomic E-state index is 11.3. The SMILES string of the molecule is Cc1c(-c2ccc3c(c2)NC(=O)CO3)nc(N)n1C. The largest absolute Gasteiger partial charge is 0.482 e. The monoisotopic (exact) mass is 258 g/mol. The second kappa shape index (κ2) is 4.01. The first kappa shape index (κ1) is 11.6. The lowest BCUT2D eigenvalue weighted by molar-refractivity contribution is -0.118. The number of benzene rings is 1. The summed E-state index contributed by atoms with van der Waals surface area (Å²) in [5.41, 5.74) is 9.14. The zero-order valence-electron chi connectivity index (χ0n) is 10.7. The fourth-order valence-electron chi connectivity index (χ4n) is 2.10. The first-order chi connectivity index (χ1) is 9.06. The Morgan fingerprint density at radius 1 is 1.47 bits per heavy atom. The van der Waals surface area contributed by atoms with E-state index in [1.54, 1.807) is 0 Å². The summed E-state index contributed by atoms with van der Waals surface area (Å²) >= 11 is 0. The molecule has 6 nitrogen and oxygen atoms in total. The van der Waals surface area contributed by atoms with Crippen LogP contribution in [0.2, 0.25) is 0 Å². The molecule has 0 fully saturated rings. The maximum atomic E-state index is 11.3. The molecule has 0 radical (unpaired) electrons. The first-order valence-corrected chi connectivity index (χ1v) is 5.92. The van der Waals surface area contributed by atoms with Crippen LogP contribution >= 0.6 is 0 Å². The number of nitrogens with two attached hydrogens (primary N) is 1. The molecule has 2 aromatic rings. The number of fused-ring (bicyclic) bond motifs is 1. The number of imidazole rings is 1. The molecule has 0 saturated carbocycles. The standard InChI is InChI=1S/C13H14N4O2/c1-7-12(16-13(14)17(7)2)8-3-4-10-9(5-8)15-11(18)6-19-10/h3-5H,6H2,1-2H3,(H2,14,16)(H,15,18). The van der Waals surface area contributed by atoms with Crippen LogP contribution in [0.1, 0.15) is 5.69 Å². The molecule has 1 aliphatic rings. The summed E-state index contributed by atoms with van der Waals surface area (Å²) in [4.78, 5) is 15.7. The lowest BCUT2D eigenvalue weighted by Crippen LogP contribution is -2.25. The Balaban J connectivity index is 2.09. The van der Waals surface area contributed by atoms with Gasteiger partial charge in [-0.15, -0.1) is 0 Å². The molecule has 0 saturated heterocycles. The second-order valence-corrected chi connectivity index (χ2v) is 4.51. The van der Waals surface area contributed by atoms with Gasteiger partial charge >= 0.3 is 0 Å². The topological polar surface area (TPSA) is 82.2 Å². The number of rotatable bonds is 1. The van der Waals surface area contributed by atoms with Gasteiger partial charge in [-0.1, -0.05) is 0 Å². The first-order valence-electron chi connectivity index (χ1n) is 5.92. The molecule has 3 rings (SSSR count). The minimum absolute atomic E-state index is 0.0574. The van der Waals surface area contributed by atoms with Crippen molar-refractivity contribution in [3.8, 4) is 17.0 Å². The maximum Gasteiger partial charge on any atom is 0.262 e. The van der Waals surface area contributed by atoms with Gasteiger partial charge < -0.3 is 20.4 Å². The molecule has 98 valence electrons. The Morgan fingerprint density at radius 2 is 2.26 bits per heavy atom. The number of nitrogen functional groups attached to an aromatic ring is 1. The van der Waals surface area contributed by atoms with Crippen molar-refractivity contribution in [3.05, 3.63) is 23.9 Å². The summed E-state index contributed by atoms with van der Waals surface area (Å²) in [6.45, 7) is 2.01. The van der Waals surface area contributed by atoms with E-state index in [9.17, 15) is 4.79 Å². The van der Waals surface area contributed by atoms with Crippen LogP contribution in [0.25, 0.3) is 11.3 Å². The summed E-state index contributed by atoms with van der Waals surface area (Å²) in [6.07, 6.45) is 0. The number of carbonyl (C=O) groups is 1. The third-order valence-electron chi connectivity index (χ3n) is 3.30. The van der Waals surface area contributed by atoms with Crippen LogP contribution < -0.4 is 15.8 Å². The Morgan fingerprint density at radius 3 is 2.95 bits per heavy atom. The molecule has 3 N–H and O–H groups in total. The van der Waals surface area contributed by atoms with Gasteiger partial charge in [0.25, 0.3) is 5.91 Å². The van der Waals surface area contributed by atoms with E-state index >= 15 is 0 Å². The quantitative estimate of drug-likeness (QED) is 0.808. The third-order valence-corrected chi connectivity index (χ3v) is 3.30. The van der Waals surface area contributed by atoms with Gasteiger partial charge in [-0.2, -0.15) is 0 Å². The van der Waals surface area contributed by atoms with Gasteiger partial charge in [0.1, 0.15) is 5.75 Å². The Kier molecular flexibility index (Phi) is 2.45. The Labute approximate surface area is 110 Å². The van der Waals surface area contributed by atoms with E-state index in [0.717, 1.165) is 17.0 Å². The van der Waals surface area contributed by atoms with E-state index in [2.05, 4.69) is 10.3 Å². The molecule has 1 aromatic carbocycles. The highest BCUT2D eigenvalue weighted by atomic mass is 16.5. The number of amides is 1. The molecule has 6 heteroatoms. The number of carbonyl (C=O) groups excluding carboxylic acids is 1. The smallest absolute Gasteiger partial charge is 0.262 e. The molecule has 1 aromatic heterocycles. The molecule has 1 aliphatic heterocycles. The molecule has 0 spiro atoms. The molecular formula is C13H14N4O2. The molecule has 0 atom stereocenters. The van der Waals surface area contributed by atoms with E-state index < -0.39 is 0 Å². The average Bonchev–Trinajstić information content (AvgIpc) is 2.65. The zero-order valence-corrected chi connectivity index (χ0v) is 10.7. The highest BCUT2D eigenvalue weighted by Gasteiger charge is 2.18.